The predicted octanol–water partition coefficient (Wildman–Crippen LogP) is 2.45. The molecule has 1 aliphatic rings. The Labute approximate surface area is 77.4 Å². The zero-order valence-electron chi connectivity index (χ0n) is 7.22. The Morgan fingerprint density at radius 2 is 2.23 bits per heavy atom. The normalized spacial score (nSPS) is 15.2. The van der Waals surface area contributed by atoms with Gasteiger partial charge in [-0.1, -0.05) is 18.2 Å². The Hall–Kier alpha value is -1.70. The Morgan fingerprint density at radius 1 is 1.23 bits per heavy atom. The molecule has 0 spiro atoms. The first-order valence-electron chi connectivity index (χ1n) is 4.27. The second-order valence-corrected chi connectivity index (χ2v) is 2.74. The van der Waals surface area contributed by atoms with Crippen LogP contribution in [0.2, 0.25) is 0 Å². The van der Waals surface area contributed by atoms with Crippen molar-refractivity contribution in [2.24, 2.45) is 4.99 Å². The standard InChI is InChI=1S/C11H10N2/c1-2-6-10(12-8-4-1)11-7-3-5-9-13-11/h1-3,5-9H,4H2. The van der Waals surface area contributed by atoms with Gasteiger partial charge in [0.25, 0.3) is 0 Å². The highest BCUT2D eigenvalue weighted by Crippen LogP contribution is 2.13. The molecule has 1 aromatic rings. The lowest BCUT2D eigenvalue weighted by atomic mass is 10.2. The van der Waals surface area contributed by atoms with E-state index in [1.807, 2.05) is 36.6 Å². The molecule has 2 heteroatoms. The van der Waals surface area contributed by atoms with Crippen molar-refractivity contribution in [1.29, 1.82) is 0 Å². The SMILES string of the molecule is C1=CCC=NC(c2ccccn2)=C1. The Bertz CT molecular complexity index is 361. The van der Waals surface area contributed by atoms with E-state index in [4.69, 9.17) is 0 Å². The second kappa shape index (κ2) is 3.81. The van der Waals surface area contributed by atoms with Crippen LogP contribution in [0.5, 0.6) is 0 Å². The molecule has 0 fully saturated rings. The van der Waals surface area contributed by atoms with Crippen LogP contribution in [0.1, 0.15) is 12.1 Å². The number of nitrogens with zero attached hydrogens (tertiary/aromatic N) is 2. The zero-order valence-corrected chi connectivity index (χ0v) is 7.22. The van der Waals surface area contributed by atoms with Crippen molar-refractivity contribution in [1.82, 2.24) is 4.98 Å². The maximum atomic E-state index is 4.30. The van der Waals surface area contributed by atoms with Gasteiger partial charge in [0.05, 0.1) is 11.4 Å². The first-order valence-corrected chi connectivity index (χ1v) is 4.27. The van der Waals surface area contributed by atoms with Gasteiger partial charge < -0.3 is 0 Å². The lowest BCUT2D eigenvalue weighted by Crippen LogP contribution is -1.84. The van der Waals surface area contributed by atoms with Crippen LogP contribution in [0.3, 0.4) is 0 Å². The second-order valence-electron chi connectivity index (χ2n) is 2.74. The average molecular weight is 170 g/mol. The summed E-state index contributed by atoms with van der Waals surface area (Å²) in [6, 6.07) is 5.83. The Kier molecular flexibility index (Phi) is 2.32. The highest BCUT2D eigenvalue weighted by atomic mass is 14.8. The molecule has 2 nitrogen and oxygen atoms in total. The molecular formula is C11H10N2. The van der Waals surface area contributed by atoms with E-state index < -0.39 is 0 Å². The Balaban J connectivity index is 2.36. The van der Waals surface area contributed by atoms with E-state index in [2.05, 4.69) is 16.1 Å². The number of aromatic nitrogens is 1. The Morgan fingerprint density at radius 3 is 3.08 bits per heavy atom. The predicted molar refractivity (Wildman–Crippen MR) is 54.5 cm³/mol. The van der Waals surface area contributed by atoms with Crippen LogP contribution in [0.25, 0.3) is 5.70 Å². The van der Waals surface area contributed by atoms with E-state index in [1.54, 1.807) is 6.20 Å². The molecule has 1 aliphatic heterocycles. The molecule has 0 aromatic carbocycles. The van der Waals surface area contributed by atoms with Crippen molar-refractivity contribution in [3.63, 3.8) is 0 Å². The number of aliphatic imine (C=N–C) groups is 1. The van der Waals surface area contributed by atoms with Gasteiger partial charge in [0.15, 0.2) is 0 Å². The van der Waals surface area contributed by atoms with Crippen LogP contribution < -0.4 is 0 Å². The minimum Gasteiger partial charge on any atom is -0.259 e. The van der Waals surface area contributed by atoms with Gasteiger partial charge in [0.2, 0.25) is 0 Å². The van der Waals surface area contributed by atoms with Gasteiger partial charge in [-0.3, -0.25) is 9.98 Å². The van der Waals surface area contributed by atoms with Gasteiger partial charge in [-0.05, 0) is 18.2 Å². The molecule has 0 N–H and O–H groups in total. The molecule has 0 saturated carbocycles. The third-order valence-electron chi connectivity index (χ3n) is 1.79. The maximum absolute atomic E-state index is 4.30. The van der Waals surface area contributed by atoms with Crippen molar-refractivity contribution in [3.8, 4) is 0 Å². The lowest BCUT2D eigenvalue weighted by Gasteiger charge is -1.97. The maximum Gasteiger partial charge on any atom is 0.0885 e. The highest BCUT2D eigenvalue weighted by Gasteiger charge is 1.98. The van der Waals surface area contributed by atoms with Crippen molar-refractivity contribution in [2.45, 2.75) is 6.42 Å². The third-order valence-corrected chi connectivity index (χ3v) is 1.79. The highest BCUT2D eigenvalue weighted by molar-refractivity contribution is 5.75. The van der Waals surface area contributed by atoms with E-state index >= 15 is 0 Å². The molecule has 0 atom stereocenters. The van der Waals surface area contributed by atoms with Crippen LogP contribution in [0.15, 0.2) is 47.6 Å². The molecule has 0 amide bonds. The van der Waals surface area contributed by atoms with E-state index in [-0.39, 0.29) is 0 Å². The summed E-state index contributed by atoms with van der Waals surface area (Å²) < 4.78 is 0. The molecule has 0 aliphatic carbocycles. The summed E-state index contributed by atoms with van der Waals surface area (Å²) in [7, 11) is 0. The van der Waals surface area contributed by atoms with Crippen LogP contribution in [-0.4, -0.2) is 11.2 Å². The summed E-state index contributed by atoms with van der Waals surface area (Å²) in [5.74, 6) is 0. The average Bonchev–Trinajstić information content (AvgIpc) is 2.47. The van der Waals surface area contributed by atoms with Crippen molar-refractivity contribution in [2.75, 3.05) is 0 Å². The number of hydrogen-bond donors (Lipinski definition) is 0. The molecule has 0 radical (unpaired) electrons. The van der Waals surface area contributed by atoms with Crippen molar-refractivity contribution >= 4 is 11.9 Å². The molecule has 0 saturated heterocycles. The molecule has 0 bridgehead atoms. The fourth-order valence-corrected chi connectivity index (χ4v) is 1.16. The van der Waals surface area contributed by atoms with Gasteiger partial charge >= 0.3 is 0 Å². The van der Waals surface area contributed by atoms with Gasteiger partial charge in [-0.15, -0.1) is 0 Å². The summed E-state index contributed by atoms with van der Waals surface area (Å²) in [6.07, 6.45) is 10.6. The van der Waals surface area contributed by atoms with Crippen LogP contribution in [-0.2, 0) is 0 Å². The molecule has 1 aromatic heterocycles. The molecule has 13 heavy (non-hydrogen) atoms. The van der Waals surface area contributed by atoms with Crippen LogP contribution >= 0.6 is 0 Å². The monoisotopic (exact) mass is 170 g/mol. The number of hydrogen-bond acceptors (Lipinski definition) is 2. The topological polar surface area (TPSA) is 25.2 Å². The quantitative estimate of drug-likeness (QED) is 0.635. The fourth-order valence-electron chi connectivity index (χ4n) is 1.16. The molecule has 0 unspecified atom stereocenters. The van der Waals surface area contributed by atoms with E-state index in [0.717, 1.165) is 17.8 Å². The van der Waals surface area contributed by atoms with Gasteiger partial charge in [0.1, 0.15) is 0 Å². The van der Waals surface area contributed by atoms with Crippen molar-refractivity contribution in [3.05, 3.63) is 48.3 Å². The minimum atomic E-state index is 0.896. The summed E-state index contributed by atoms with van der Waals surface area (Å²) >= 11 is 0. The van der Waals surface area contributed by atoms with Crippen molar-refractivity contribution < 1.29 is 0 Å². The molecule has 2 rings (SSSR count). The summed E-state index contributed by atoms with van der Waals surface area (Å²) in [6.45, 7) is 0. The van der Waals surface area contributed by atoms with Gasteiger partial charge in [-0.25, -0.2) is 0 Å². The van der Waals surface area contributed by atoms with E-state index in [0.29, 0.717) is 0 Å². The van der Waals surface area contributed by atoms with Gasteiger partial charge in [-0.2, -0.15) is 0 Å². The summed E-state index contributed by atoms with van der Waals surface area (Å²) in [5, 5.41) is 0. The number of rotatable bonds is 1. The summed E-state index contributed by atoms with van der Waals surface area (Å²) in [4.78, 5) is 8.53. The first-order chi connectivity index (χ1) is 6.47. The largest absolute Gasteiger partial charge is 0.259 e. The van der Waals surface area contributed by atoms with E-state index in [1.165, 1.54) is 0 Å². The number of pyridine rings is 1. The smallest absolute Gasteiger partial charge is 0.0885 e. The number of allylic oxidation sites excluding steroid dienone is 3. The fraction of sp³-hybridized carbons (Fsp3) is 0.0909. The van der Waals surface area contributed by atoms with Crippen LogP contribution in [0.4, 0.5) is 0 Å². The van der Waals surface area contributed by atoms with E-state index in [9.17, 15) is 0 Å². The first kappa shape index (κ1) is 7.92. The minimum absolute atomic E-state index is 0.896. The molecular weight excluding hydrogens is 160 g/mol. The lowest BCUT2D eigenvalue weighted by molar-refractivity contribution is 1.26. The molecule has 64 valence electrons. The van der Waals surface area contributed by atoms with Gasteiger partial charge in [0, 0.05) is 18.8 Å². The van der Waals surface area contributed by atoms with Crippen LogP contribution in [0, 0.1) is 0 Å². The zero-order chi connectivity index (χ0) is 8.93. The summed E-state index contributed by atoms with van der Waals surface area (Å²) in [5.41, 5.74) is 1.85. The molecule has 2 heterocycles. The third kappa shape index (κ3) is 1.90.